The van der Waals surface area contributed by atoms with Crippen LogP contribution in [0.4, 0.5) is 4.39 Å². The van der Waals surface area contributed by atoms with Crippen molar-refractivity contribution < 1.29 is 12.8 Å². The summed E-state index contributed by atoms with van der Waals surface area (Å²) in [5, 5.41) is 2.77. The maximum absolute atomic E-state index is 12.9. The van der Waals surface area contributed by atoms with E-state index in [-0.39, 0.29) is 16.3 Å². The van der Waals surface area contributed by atoms with E-state index in [1.165, 1.54) is 12.1 Å². The number of halogens is 1. The van der Waals surface area contributed by atoms with E-state index in [1.54, 1.807) is 13.1 Å². The molecule has 0 amide bonds. The molecule has 0 aliphatic carbocycles. The number of sulfone groups is 1. The summed E-state index contributed by atoms with van der Waals surface area (Å²) in [6, 6.07) is 3.79. The summed E-state index contributed by atoms with van der Waals surface area (Å²) in [4.78, 5) is 0.346. The number of benzene rings is 1. The van der Waals surface area contributed by atoms with E-state index in [0.29, 0.717) is 5.56 Å². The largest absolute Gasteiger partial charge is 0.315 e. The van der Waals surface area contributed by atoms with Crippen molar-refractivity contribution in [3.05, 3.63) is 34.5 Å². The second kappa shape index (κ2) is 3.43. The van der Waals surface area contributed by atoms with Gasteiger partial charge in [0.1, 0.15) is 5.82 Å². The van der Waals surface area contributed by atoms with Crippen LogP contribution in [-0.2, 0) is 9.84 Å². The van der Waals surface area contributed by atoms with Crippen molar-refractivity contribution in [1.82, 2.24) is 5.32 Å². The molecule has 0 saturated carbocycles. The highest BCUT2D eigenvalue weighted by atomic mass is 32.2. The van der Waals surface area contributed by atoms with E-state index in [0.717, 1.165) is 6.07 Å². The zero-order valence-electron chi connectivity index (χ0n) is 8.12. The Kier molecular flexibility index (Phi) is 2.36. The normalized spacial score (nSPS) is 17.3. The molecule has 0 aromatic heterocycles. The molecule has 80 valence electrons. The molecule has 0 spiro atoms. The lowest BCUT2D eigenvalue weighted by Gasteiger charge is -2.02. The minimum Gasteiger partial charge on any atom is -0.315 e. The van der Waals surface area contributed by atoms with Gasteiger partial charge in [-0.15, -0.1) is 0 Å². The maximum Gasteiger partial charge on any atom is 0.204 e. The molecular weight excluding hydrogens is 217 g/mol. The molecule has 0 saturated heterocycles. The molecule has 3 nitrogen and oxygen atoms in total. The van der Waals surface area contributed by atoms with Crippen LogP contribution in [0.1, 0.15) is 5.56 Å². The first-order chi connectivity index (χ1) is 7.05. The van der Waals surface area contributed by atoms with Crippen molar-refractivity contribution in [2.24, 2.45) is 0 Å². The second-order valence-electron chi connectivity index (χ2n) is 3.33. The van der Waals surface area contributed by atoms with Gasteiger partial charge in [0.2, 0.25) is 9.84 Å². The van der Waals surface area contributed by atoms with Crippen LogP contribution >= 0.6 is 0 Å². The van der Waals surface area contributed by atoms with Crippen molar-refractivity contribution in [2.45, 2.75) is 4.90 Å². The highest BCUT2D eigenvalue weighted by Crippen LogP contribution is 2.32. The molecule has 15 heavy (non-hydrogen) atoms. The molecule has 5 heteroatoms. The quantitative estimate of drug-likeness (QED) is 0.825. The lowest BCUT2D eigenvalue weighted by atomic mass is 10.2. The van der Waals surface area contributed by atoms with Crippen molar-refractivity contribution >= 4 is 15.9 Å². The lowest BCUT2D eigenvalue weighted by molar-refractivity contribution is 0.596. The fraction of sp³-hybridized carbons (Fsp3) is 0.200. The summed E-state index contributed by atoms with van der Waals surface area (Å²) in [6.07, 6.45) is 1.57. The van der Waals surface area contributed by atoms with Crippen molar-refractivity contribution in [3.63, 3.8) is 0 Å². The zero-order chi connectivity index (χ0) is 11.1. The van der Waals surface area contributed by atoms with Gasteiger partial charge in [0.25, 0.3) is 0 Å². The zero-order valence-corrected chi connectivity index (χ0v) is 8.94. The second-order valence-corrected chi connectivity index (χ2v) is 5.30. The van der Waals surface area contributed by atoms with Crippen LogP contribution in [-0.4, -0.2) is 22.0 Å². The number of hydrogen-bond acceptors (Lipinski definition) is 3. The molecule has 1 heterocycles. The molecule has 1 aliphatic rings. The summed E-state index contributed by atoms with van der Waals surface area (Å²) >= 11 is 0. The Morgan fingerprint density at radius 1 is 1.40 bits per heavy atom. The number of likely N-dealkylation sites (N-methyl/N-ethyl adjacent to an activating group) is 1. The average molecular weight is 227 g/mol. The van der Waals surface area contributed by atoms with Crippen molar-refractivity contribution in [2.75, 3.05) is 13.6 Å². The summed E-state index contributed by atoms with van der Waals surface area (Å²) in [5.74, 6) is -0.531. The fourth-order valence-corrected chi connectivity index (χ4v) is 3.18. The molecule has 0 bridgehead atoms. The minimum atomic E-state index is -3.47. The van der Waals surface area contributed by atoms with Gasteiger partial charge in [-0.25, -0.2) is 12.8 Å². The third-order valence-corrected chi connectivity index (χ3v) is 4.16. The van der Waals surface area contributed by atoms with E-state index in [1.807, 2.05) is 0 Å². The van der Waals surface area contributed by atoms with Gasteiger partial charge in [-0.2, -0.15) is 0 Å². The van der Waals surface area contributed by atoms with Crippen LogP contribution in [0.2, 0.25) is 0 Å². The number of nitrogens with one attached hydrogen (secondary N) is 1. The average Bonchev–Trinajstić information content (AvgIpc) is 2.41. The van der Waals surface area contributed by atoms with Gasteiger partial charge >= 0.3 is 0 Å². The molecule has 0 unspecified atom stereocenters. The van der Waals surface area contributed by atoms with Gasteiger partial charge in [-0.1, -0.05) is 6.07 Å². The molecule has 1 N–H and O–H groups in total. The number of rotatable bonds is 2. The fourth-order valence-electron chi connectivity index (χ4n) is 1.57. The Morgan fingerprint density at radius 3 is 2.80 bits per heavy atom. The molecule has 0 fully saturated rings. The molecule has 0 radical (unpaired) electrons. The third kappa shape index (κ3) is 1.57. The Hall–Kier alpha value is -1.20. The minimum absolute atomic E-state index is 0.0627. The maximum atomic E-state index is 12.9. The van der Waals surface area contributed by atoms with Crippen LogP contribution < -0.4 is 5.32 Å². The van der Waals surface area contributed by atoms with E-state index in [2.05, 4.69) is 5.32 Å². The molecule has 2 rings (SSSR count). The molecular formula is C10H10FNO2S. The monoisotopic (exact) mass is 227 g/mol. The Labute approximate surface area is 87.5 Å². The number of hydrogen-bond donors (Lipinski definition) is 1. The van der Waals surface area contributed by atoms with E-state index in [4.69, 9.17) is 0 Å². The molecule has 0 atom stereocenters. The van der Waals surface area contributed by atoms with Crippen molar-refractivity contribution in [3.8, 4) is 0 Å². The Morgan fingerprint density at radius 2 is 2.13 bits per heavy atom. The van der Waals surface area contributed by atoms with Gasteiger partial charge in [0.15, 0.2) is 0 Å². The van der Waals surface area contributed by atoms with Crippen LogP contribution in [0, 0.1) is 5.82 Å². The van der Waals surface area contributed by atoms with Gasteiger partial charge in [0, 0.05) is 6.54 Å². The number of fused-ring (bicyclic) bond motifs is 1. The van der Waals surface area contributed by atoms with Crippen LogP contribution in [0.25, 0.3) is 6.08 Å². The predicted octanol–water partition coefficient (Wildman–Crippen LogP) is 1.17. The molecule has 1 aliphatic heterocycles. The van der Waals surface area contributed by atoms with Gasteiger partial charge in [0.05, 0.1) is 9.80 Å². The lowest BCUT2D eigenvalue weighted by Crippen LogP contribution is -2.15. The molecule has 1 aromatic rings. The first-order valence-corrected chi connectivity index (χ1v) is 5.94. The first kappa shape index (κ1) is 10.3. The summed E-state index contributed by atoms with van der Waals surface area (Å²) in [6.45, 7) is 0.263. The van der Waals surface area contributed by atoms with Gasteiger partial charge < -0.3 is 5.32 Å². The Balaban J connectivity index is 2.58. The highest BCUT2D eigenvalue weighted by Gasteiger charge is 2.29. The van der Waals surface area contributed by atoms with Crippen LogP contribution in [0.15, 0.2) is 28.0 Å². The van der Waals surface area contributed by atoms with Crippen LogP contribution in [0.5, 0.6) is 0 Å². The smallest absolute Gasteiger partial charge is 0.204 e. The van der Waals surface area contributed by atoms with E-state index < -0.39 is 15.7 Å². The topological polar surface area (TPSA) is 46.2 Å². The first-order valence-electron chi connectivity index (χ1n) is 4.45. The van der Waals surface area contributed by atoms with Crippen molar-refractivity contribution in [1.29, 1.82) is 0 Å². The van der Waals surface area contributed by atoms with Gasteiger partial charge in [-0.05, 0) is 30.8 Å². The van der Waals surface area contributed by atoms with Crippen LogP contribution in [0.3, 0.4) is 0 Å². The van der Waals surface area contributed by atoms with Gasteiger partial charge in [-0.3, -0.25) is 0 Å². The third-order valence-electron chi connectivity index (χ3n) is 2.28. The summed E-state index contributed by atoms with van der Waals surface area (Å²) in [7, 11) is -1.81. The standard InChI is InChI=1S/C10H10FNO2S/c1-12-6-9-4-7-2-3-8(11)5-10(7)15(9,13)14/h2-5,12H,6H2,1H3. The summed E-state index contributed by atoms with van der Waals surface area (Å²) < 4.78 is 36.6. The SMILES string of the molecule is CNCC1=Cc2ccc(F)cc2S1(=O)=O. The van der Waals surface area contributed by atoms with E-state index in [9.17, 15) is 12.8 Å². The molecule has 1 aromatic carbocycles. The Bertz CT molecular complexity index is 534. The highest BCUT2D eigenvalue weighted by molar-refractivity contribution is 7.95. The predicted molar refractivity (Wildman–Crippen MR) is 55.5 cm³/mol. The van der Waals surface area contributed by atoms with E-state index >= 15 is 0 Å². The summed E-state index contributed by atoms with van der Waals surface area (Å²) in [5.41, 5.74) is 0.557.